The van der Waals surface area contributed by atoms with Crippen LogP contribution in [0, 0.1) is 5.92 Å². The number of nitrogens with zero attached hydrogens (tertiary/aromatic N) is 1. The van der Waals surface area contributed by atoms with E-state index in [0.29, 0.717) is 12.6 Å². The van der Waals surface area contributed by atoms with Crippen LogP contribution >= 0.6 is 24.8 Å². The van der Waals surface area contributed by atoms with Gasteiger partial charge < -0.3 is 11.1 Å². The molecule has 0 saturated heterocycles. The number of rotatable bonds is 6. The van der Waals surface area contributed by atoms with Gasteiger partial charge in [0.05, 0.1) is 6.04 Å². The average molecular weight is 300 g/mol. The summed E-state index contributed by atoms with van der Waals surface area (Å²) in [7, 11) is 2.12. The lowest BCUT2D eigenvalue weighted by Gasteiger charge is -2.25. The number of amides is 1. The van der Waals surface area contributed by atoms with Crippen molar-refractivity contribution < 1.29 is 4.79 Å². The van der Waals surface area contributed by atoms with Crippen molar-refractivity contribution in [2.75, 3.05) is 13.6 Å². The van der Waals surface area contributed by atoms with E-state index >= 15 is 0 Å². The predicted molar refractivity (Wildman–Crippen MR) is 80.6 cm³/mol. The largest absolute Gasteiger partial charge is 0.353 e. The molecule has 1 rings (SSSR count). The third kappa shape index (κ3) is 6.23. The summed E-state index contributed by atoms with van der Waals surface area (Å²) in [5.74, 6) is 0.155. The Balaban J connectivity index is 0. The van der Waals surface area contributed by atoms with Crippen LogP contribution < -0.4 is 11.1 Å². The Hall–Kier alpha value is -0.0300. The van der Waals surface area contributed by atoms with E-state index in [0.717, 1.165) is 6.04 Å². The van der Waals surface area contributed by atoms with E-state index in [-0.39, 0.29) is 36.6 Å². The minimum absolute atomic E-state index is 0. The standard InChI is InChI=1S/C12H25N3O.2ClH/c1-8(2)11(13)12(16)14-7-9(3)15(4)10-5-6-10;;/h8-11H,5-7,13H2,1-4H3,(H,14,16);2*1H. The van der Waals surface area contributed by atoms with Crippen molar-refractivity contribution >= 4 is 30.7 Å². The minimum Gasteiger partial charge on any atom is -0.353 e. The molecular weight excluding hydrogens is 273 g/mol. The van der Waals surface area contributed by atoms with Crippen molar-refractivity contribution in [2.24, 2.45) is 11.7 Å². The van der Waals surface area contributed by atoms with E-state index in [2.05, 4.69) is 24.2 Å². The molecule has 4 nitrogen and oxygen atoms in total. The second kappa shape index (κ2) is 8.97. The topological polar surface area (TPSA) is 58.4 Å². The predicted octanol–water partition coefficient (Wildman–Crippen LogP) is 1.41. The minimum atomic E-state index is -0.390. The second-order valence-electron chi connectivity index (χ2n) is 5.26. The van der Waals surface area contributed by atoms with Gasteiger partial charge in [-0.25, -0.2) is 0 Å². The number of carbonyl (C=O) groups is 1. The maximum Gasteiger partial charge on any atom is 0.237 e. The summed E-state index contributed by atoms with van der Waals surface area (Å²) in [5.41, 5.74) is 5.77. The van der Waals surface area contributed by atoms with Gasteiger partial charge in [-0.05, 0) is 32.7 Å². The van der Waals surface area contributed by atoms with E-state index in [1.165, 1.54) is 12.8 Å². The molecule has 1 amide bonds. The van der Waals surface area contributed by atoms with Gasteiger partial charge in [-0.15, -0.1) is 24.8 Å². The van der Waals surface area contributed by atoms with Crippen LogP contribution in [0.1, 0.15) is 33.6 Å². The van der Waals surface area contributed by atoms with Crippen LogP contribution in [-0.4, -0.2) is 42.5 Å². The normalized spacial score (nSPS) is 17.7. The quantitative estimate of drug-likeness (QED) is 0.780. The fourth-order valence-electron chi connectivity index (χ4n) is 1.65. The molecule has 0 aromatic rings. The molecule has 1 aliphatic carbocycles. The molecular formula is C12H27Cl2N3O. The van der Waals surface area contributed by atoms with E-state index in [9.17, 15) is 4.79 Å². The van der Waals surface area contributed by atoms with E-state index < -0.39 is 6.04 Å². The summed E-state index contributed by atoms with van der Waals surface area (Å²) in [6.07, 6.45) is 2.58. The molecule has 2 unspecified atom stereocenters. The molecule has 3 N–H and O–H groups in total. The Morgan fingerprint density at radius 3 is 2.22 bits per heavy atom. The Labute approximate surface area is 123 Å². The third-order valence-electron chi connectivity index (χ3n) is 3.41. The molecule has 0 aliphatic heterocycles. The number of hydrogen-bond donors (Lipinski definition) is 2. The number of nitrogens with one attached hydrogen (secondary N) is 1. The van der Waals surface area contributed by atoms with Crippen molar-refractivity contribution in [2.45, 2.75) is 51.7 Å². The molecule has 1 fully saturated rings. The summed E-state index contributed by atoms with van der Waals surface area (Å²) in [6, 6.07) is 0.722. The lowest BCUT2D eigenvalue weighted by Crippen LogP contribution is -2.48. The molecule has 2 atom stereocenters. The lowest BCUT2D eigenvalue weighted by molar-refractivity contribution is -0.123. The molecule has 18 heavy (non-hydrogen) atoms. The number of halogens is 2. The highest BCUT2D eigenvalue weighted by molar-refractivity contribution is 5.85. The Kier molecular flexibility index (Phi) is 10.1. The van der Waals surface area contributed by atoms with E-state index in [1.807, 2.05) is 13.8 Å². The van der Waals surface area contributed by atoms with Crippen LogP contribution in [0.5, 0.6) is 0 Å². The molecule has 0 heterocycles. The molecule has 1 saturated carbocycles. The van der Waals surface area contributed by atoms with E-state index in [4.69, 9.17) is 5.73 Å². The number of nitrogens with two attached hydrogens (primary N) is 1. The van der Waals surface area contributed by atoms with Crippen molar-refractivity contribution in [3.8, 4) is 0 Å². The summed E-state index contributed by atoms with van der Waals surface area (Å²) in [5, 5.41) is 2.92. The monoisotopic (exact) mass is 299 g/mol. The summed E-state index contributed by atoms with van der Waals surface area (Å²) in [4.78, 5) is 14.0. The van der Waals surface area contributed by atoms with Gasteiger partial charge in [0.15, 0.2) is 0 Å². The highest BCUT2D eigenvalue weighted by Gasteiger charge is 2.29. The summed E-state index contributed by atoms with van der Waals surface area (Å²) < 4.78 is 0. The van der Waals surface area contributed by atoms with Gasteiger partial charge in [0.1, 0.15) is 0 Å². The van der Waals surface area contributed by atoms with Crippen LogP contribution in [0.25, 0.3) is 0 Å². The third-order valence-corrected chi connectivity index (χ3v) is 3.41. The van der Waals surface area contributed by atoms with Crippen molar-refractivity contribution in [1.82, 2.24) is 10.2 Å². The molecule has 0 spiro atoms. The van der Waals surface area contributed by atoms with Crippen molar-refractivity contribution in [1.29, 1.82) is 0 Å². The summed E-state index contributed by atoms with van der Waals surface area (Å²) in [6.45, 7) is 6.75. The van der Waals surface area contributed by atoms with Gasteiger partial charge in [0.2, 0.25) is 5.91 Å². The van der Waals surface area contributed by atoms with Gasteiger partial charge in [-0.2, -0.15) is 0 Å². The maximum atomic E-state index is 11.6. The first-order chi connectivity index (χ1) is 7.43. The zero-order chi connectivity index (χ0) is 12.3. The van der Waals surface area contributed by atoms with Crippen molar-refractivity contribution in [3.63, 3.8) is 0 Å². The highest BCUT2D eigenvalue weighted by Crippen LogP contribution is 2.26. The van der Waals surface area contributed by atoms with Gasteiger partial charge in [-0.3, -0.25) is 9.69 Å². The van der Waals surface area contributed by atoms with Crippen molar-refractivity contribution in [3.05, 3.63) is 0 Å². The average Bonchev–Trinajstić information content (AvgIpc) is 3.06. The van der Waals surface area contributed by atoms with Crippen LogP contribution in [0.2, 0.25) is 0 Å². The van der Waals surface area contributed by atoms with Gasteiger partial charge in [-0.1, -0.05) is 13.8 Å². The van der Waals surface area contributed by atoms with Gasteiger partial charge in [0, 0.05) is 18.6 Å². The second-order valence-corrected chi connectivity index (χ2v) is 5.26. The highest BCUT2D eigenvalue weighted by atomic mass is 35.5. The molecule has 0 radical (unpaired) electrons. The molecule has 0 aromatic carbocycles. The first-order valence-electron chi connectivity index (χ1n) is 6.18. The van der Waals surface area contributed by atoms with Gasteiger partial charge in [0.25, 0.3) is 0 Å². The van der Waals surface area contributed by atoms with Crippen LogP contribution in [0.15, 0.2) is 0 Å². The molecule has 0 bridgehead atoms. The lowest BCUT2D eigenvalue weighted by atomic mass is 10.1. The zero-order valence-corrected chi connectivity index (χ0v) is 13.3. The number of likely N-dealkylation sites (N-methyl/N-ethyl adjacent to an activating group) is 1. The number of hydrogen-bond acceptors (Lipinski definition) is 3. The van der Waals surface area contributed by atoms with E-state index in [1.54, 1.807) is 0 Å². The smallest absolute Gasteiger partial charge is 0.237 e. The maximum absolute atomic E-state index is 11.6. The SMILES string of the molecule is CC(C)C(N)C(=O)NCC(C)N(C)C1CC1.Cl.Cl. The van der Waals surface area contributed by atoms with Gasteiger partial charge >= 0.3 is 0 Å². The van der Waals surface area contributed by atoms with Crippen LogP contribution in [0.4, 0.5) is 0 Å². The molecule has 1 aliphatic rings. The molecule has 110 valence electrons. The fraction of sp³-hybridized carbons (Fsp3) is 0.917. The molecule has 6 heteroatoms. The summed E-state index contributed by atoms with van der Waals surface area (Å²) >= 11 is 0. The Morgan fingerprint density at radius 1 is 1.33 bits per heavy atom. The van der Waals surface area contributed by atoms with Crippen LogP contribution in [-0.2, 0) is 4.79 Å². The fourth-order valence-corrected chi connectivity index (χ4v) is 1.65. The first-order valence-corrected chi connectivity index (χ1v) is 6.18. The Bertz CT molecular complexity index is 247. The Morgan fingerprint density at radius 2 is 1.83 bits per heavy atom. The first kappa shape index (κ1) is 20.3. The zero-order valence-electron chi connectivity index (χ0n) is 11.7. The van der Waals surface area contributed by atoms with Crippen LogP contribution in [0.3, 0.4) is 0 Å². The molecule has 0 aromatic heterocycles. The number of carbonyl (C=O) groups excluding carboxylic acids is 1.